The first-order valence-corrected chi connectivity index (χ1v) is 6.48. The van der Waals surface area contributed by atoms with E-state index in [1.54, 1.807) is 24.5 Å². The van der Waals surface area contributed by atoms with E-state index in [1.165, 1.54) is 6.20 Å². The molecule has 22 heavy (non-hydrogen) atoms. The van der Waals surface area contributed by atoms with Crippen molar-refractivity contribution in [2.24, 2.45) is 5.10 Å². The van der Waals surface area contributed by atoms with Crippen LogP contribution in [-0.2, 0) is 17.1 Å². The van der Waals surface area contributed by atoms with Crippen molar-refractivity contribution in [3.63, 3.8) is 0 Å². The summed E-state index contributed by atoms with van der Waals surface area (Å²) >= 11 is 0. The van der Waals surface area contributed by atoms with E-state index in [0.29, 0.717) is 5.56 Å². The molecule has 5 heteroatoms. The molecule has 2 aliphatic carbocycles. The van der Waals surface area contributed by atoms with Gasteiger partial charge in [-0.3, -0.25) is 9.78 Å². The molecule has 0 spiro atoms. The standard InChI is InChI=1S/C12H10N3O.C5H5.Fe/c16-12(11-6-3-7-13-9-11)15-14-8-10-4-1-2-5-10;1-2-4-5-3-1;/h1-9H,(H,15,16);1-5H;/q;;+2/b14-8+;;. The Morgan fingerprint density at radius 3 is 2.23 bits per heavy atom. The summed E-state index contributed by atoms with van der Waals surface area (Å²) in [5.74, 6) is 0.683. The molecular weight excluding hydrogens is 318 g/mol. The Labute approximate surface area is 143 Å². The summed E-state index contributed by atoms with van der Waals surface area (Å²) in [4.78, 5) is 15.4. The number of carbonyl (C=O) groups is 1. The minimum absolute atomic E-state index is 0. The Hall–Kier alpha value is -1.19. The van der Waals surface area contributed by atoms with Crippen molar-refractivity contribution in [3.05, 3.63) is 93.8 Å². The minimum atomic E-state index is -0.268. The maximum absolute atomic E-state index is 11.5. The van der Waals surface area contributed by atoms with Crippen LogP contribution in [0.4, 0.5) is 0 Å². The average Bonchev–Trinajstić information content (AvgIpc) is 3.24. The fourth-order valence-electron chi connectivity index (χ4n) is 1.52. The van der Waals surface area contributed by atoms with Gasteiger partial charge in [-0.25, -0.2) is 5.43 Å². The molecular formula is C17H15FeN3O+2. The van der Waals surface area contributed by atoms with Crippen LogP contribution in [0.25, 0.3) is 0 Å². The summed E-state index contributed by atoms with van der Waals surface area (Å²) in [6.07, 6.45) is 22.3. The maximum Gasteiger partial charge on any atom is 2.00 e. The third-order valence-corrected chi connectivity index (χ3v) is 2.55. The predicted octanol–water partition coefficient (Wildman–Crippen LogP) is 2.22. The van der Waals surface area contributed by atoms with Gasteiger partial charge in [-0.2, -0.15) is 5.10 Å². The van der Waals surface area contributed by atoms with Crippen molar-refractivity contribution in [2.75, 3.05) is 0 Å². The van der Waals surface area contributed by atoms with Crippen LogP contribution >= 0.6 is 0 Å². The van der Waals surface area contributed by atoms with Gasteiger partial charge in [0.15, 0.2) is 0 Å². The van der Waals surface area contributed by atoms with Gasteiger partial charge in [0, 0.05) is 24.5 Å². The summed E-state index contributed by atoms with van der Waals surface area (Å²) in [6, 6.07) is 3.39. The van der Waals surface area contributed by atoms with E-state index >= 15 is 0 Å². The molecule has 10 radical (unpaired) electrons. The first kappa shape index (κ1) is 18.9. The molecule has 2 aliphatic rings. The zero-order valence-electron chi connectivity index (χ0n) is 11.7. The molecule has 0 aliphatic heterocycles. The first-order chi connectivity index (χ1) is 10.4. The fourth-order valence-corrected chi connectivity index (χ4v) is 1.52. The van der Waals surface area contributed by atoms with Gasteiger partial charge in [0.25, 0.3) is 5.91 Å². The number of aromatic nitrogens is 1. The maximum atomic E-state index is 11.5. The Morgan fingerprint density at radius 1 is 1.05 bits per heavy atom. The van der Waals surface area contributed by atoms with Gasteiger partial charge in [-0.1, -0.05) is 0 Å². The molecule has 2 saturated carbocycles. The van der Waals surface area contributed by atoms with Gasteiger partial charge < -0.3 is 0 Å². The summed E-state index contributed by atoms with van der Waals surface area (Å²) in [5, 5.41) is 3.84. The van der Waals surface area contributed by atoms with Crippen LogP contribution in [0.1, 0.15) is 10.4 Å². The summed E-state index contributed by atoms with van der Waals surface area (Å²) in [5.41, 5.74) is 2.92. The number of nitrogens with one attached hydrogen (secondary N) is 1. The molecule has 1 aromatic heterocycles. The van der Waals surface area contributed by atoms with Crippen LogP contribution in [0.2, 0.25) is 0 Å². The van der Waals surface area contributed by atoms with Crippen LogP contribution in [-0.4, -0.2) is 17.1 Å². The predicted molar refractivity (Wildman–Crippen MR) is 82.1 cm³/mol. The molecule has 110 valence electrons. The zero-order valence-corrected chi connectivity index (χ0v) is 12.8. The number of pyridine rings is 1. The quantitative estimate of drug-likeness (QED) is 0.524. The third kappa shape index (κ3) is 7.19. The molecule has 3 rings (SSSR count). The fraction of sp³-hybridized carbons (Fsp3) is 0. The molecule has 0 aromatic carbocycles. The van der Waals surface area contributed by atoms with Crippen molar-refractivity contribution in [1.82, 2.24) is 10.4 Å². The second-order valence-electron chi connectivity index (χ2n) is 4.12. The van der Waals surface area contributed by atoms with Crippen molar-refractivity contribution in [1.29, 1.82) is 0 Å². The van der Waals surface area contributed by atoms with Crippen LogP contribution < -0.4 is 5.43 Å². The average molecular weight is 333 g/mol. The Morgan fingerprint density at radius 2 is 1.68 bits per heavy atom. The van der Waals surface area contributed by atoms with Gasteiger partial charge in [0.2, 0.25) is 0 Å². The molecule has 1 aromatic rings. The van der Waals surface area contributed by atoms with Gasteiger partial charge in [-0.15, -0.1) is 0 Å². The first-order valence-electron chi connectivity index (χ1n) is 6.48. The third-order valence-electron chi connectivity index (χ3n) is 2.55. The SMILES string of the molecule is O=C(N/N=C/[C]1[CH][CH][CH][CH]1)c1cccnc1.[CH]1[CH][CH][CH][CH]1.[Fe+2]. The molecule has 1 N–H and O–H groups in total. The van der Waals surface area contributed by atoms with Crippen LogP contribution in [0.3, 0.4) is 0 Å². The summed E-state index contributed by atoms with van der Waals surface area (Å²) < 4.78 is 0. The molecule has 1 amide bonds. The van der Waals surface area contributed by atoms with Crippen LogP contribution in [0, 0.1) is 63.7 Å². The van der Waals surface area contributed by atoms with E-state index in [4.69, 9.17) is 0 Å². The number of rotatable bonds is 3. The molecule has 0 atom stereocenters. The van der Waals surface area contributed by atoms with Gasteiger partial charge in [0.1, 0.15) is 0 Å². The number of amides is 1. The van der Waals surface area contributed by atoms with Crippen LogP contribution in [0.5, 0.6) is 0 Å². The number of hydrazone groups is 1. The molecule has 0 bridgehead atoms. The second-order valence-corrected chi connectivity index (χ2v) is 4.12. The smallest absolute Gasteiger partial charge is 0.267 e. The number of carbonyl (C=O) groups excluding carboxylic acids is 1. The molecule has 0 unspecified atom stereocenters. The second kappa shape index (κ2) is 11.4. The van der Waals surface area contributed by atoms with Gasteiger partial charge >= 0.3 is 17.1 Å². The van der Waals surface area contributed by atoms with E-state index in [9.17, 15) is 4.79 Å². The molecule has 2 fully saturated rings. The normalized spacial score (nSPS) is 17.6. The molecule has 0 saturated heterocycles. The molecule has 4 nitrogen and oxygen atoms in total. The largest absolute Gasteiger partial charge is 2.00 e. The van der Waals surface area contributed by atoms with Crippen molar-refractivity contribution < 1.29 is 21.9 Å². The van der Waals surface area contributed by atoms with E-state index in [0.717, 1.165) is 5.92 Å². The number of nitrogens with zero attached hydrogens (tertiary/aromatic N) is 2. The van der Waals surface area contributed by atoms with E-state index in [-0.39, 0.29) is 23.0 Å². The van der Waals surface area contributed by atoms with Crippen LogP contribution in [0.15, 0.2) is 29.6 Å². The zero-order chi connectivity index (χ0) is 14.8. The topological polar surface area (TPSA) is 54.4 Å². The Bertz CT molecular complexity index is 433. The van der Waals surface area contributed by atoms with Crippen molar-refractivity contribution in [2.45, 2.75) is 0 Å². The van der Waals surface area contributed by atoms with Crippen molar-refractivity contribution in [3.8, 4) is 0 Å². The van der Waals surface area contributed by atoms with E-state index < -0.39 is 0 Å². The number of hydrogen-bond donors (Lipinski definition) is 1. The number of hydrogen-bond acceptors (Lipinski definition) is 3. The van der Waals surface area contributed by atoms with Gasteiger partial charge in [-0.05, 0) is 69.9 Å². The Balaban J connectivity index is 0.000000344. The summed E-state index contributed by atoms with van der Waals surface area (Å²) in [7, 11) is 0. The van der Waals surface area contributed by atoms with Gasteiger partial charge in [0.05, 0.1) is 5.56 Å². The monoisotopic (exact) mass is 333 g/mol. The van der Waals surface area contributed by atoms with E-state index in [2.05, 4.69) is 15.5 Å². The molecule has 1 heterocycles. The van der Waals surface area contributed by atoms with E-state index in [1.807, 2.05) is 57.8 Å². The van der Waals surface area contributed by atoms with Crippen molar-refractivity contribution >= 4 is 12.1 Å². The Kier molecular flexibility index (Phi) is 9.76. The minimum Gasteiger partial charge on any atom is -0.267 e. The summed E-state index contributed by atoms with van der Waals surface area (Å²) in [6.45, 7) is 0.